The van der Waals surface area contributed by atoms with Gasteiger partial charge in [0.2, 0.25) is 0 Å². The van der Waals surface area contributed by atoms with Crippen molar-refractivity contribution in [1.82, 2.24) is 20.2 Å². The topological polar surface area (TPSA) is 77.4 Å². The average Bonchev–Trinajstić information content (AvgIpc) is 3.45. The molecule has 2 aromatic heterocycles. The summed E-state index contributed by atoms with van der Waals surface area (Å²) in [6.07, 6.45) is 9.09. The molecule has 2 aromatic rings. The monoisotopic (exact) mass is 388 g/mol. The maximum absolute atomic E-state index is 11.2. The van der Waals surface area contributed by atoms with Crippen molar-refractivity contribution in [2.24, 2.45) is 0 Å². The number of ether oxygens (including phenoxy) is 2. The SMILES string of the molecule is COCCCn1cc(CCCNC(=O)OC)c2cnc(C(C)NC3CC3)cc21. The molecule has 0 aliphatic heterocycles. The van der Waals surface area contributed by atoms with Crippen LogP contribution in [0.2, 0.25) is 0 Å². The summed E-state index contributed by atoms with van der Waals surface area (Å²) in [4.78, 5) is 15.9. The summed E-state index contributed by atoms with van der Waals surface area (Å²) in [5.41, 5.74) is 3.58. The first-order chi connectivity index (χ1) is 13.6. The van der Waals surface area contributed by atoms with Crippen molar-refractivity contribution in [3.8, 4) is 0 Å². The van der Waals surface area contributed by atoms with Gasteiger partial charge in [0.05, 0.1) is 18.3 Å². The Morgan fingerprint density at radius 1 is 1.36 bits per heavy atom. The fourth-order valence-electron chi connectivity index (χ4n) is 3.50. The molecule has 28 heavy (non-hydrogen) atoms. The lowest BCUT2D eigenvalue weighted by molar-refractivity contribution is 0.171. The van der Waals surface area contributed by atoms with Crippen LogP contribution in [0.5, 0.6) is 0 Å². The number of fused-ring (bicyclic) bond motifs is 1. The highest BCUT2D eigenvalue weighted by molar-refractivity contribution is 5.83. The van der Waals surface area contributed by atoms with Crippen LogP contribution in [-0.4, -0.2) is 49.1 Å². The Morgan fingerprint density at radius 3 is 2.89 bits per heavy atom. The van der Waals surface area contributed by atoms with Crippen molar-refractivity contribution in [3.63, 3.8) is 0 Å². The number of aryl methyl sites for hydroxylation is 2. The zero-order valence-corrected chi connectivity index (χ0v) is 17.2. The molecule has 1 fully saturated rings. The summed E-state index contributed by atoms with van der Waals surface area (Å²) in [6.45, 7) is 4.44. The summed E-state index contributed by atoms with van der Waals surface area (Å²) >= 11 is 0. The van der Waals surface area contributed by atoms with E-state index in [2.05, 4.69) is 39.1 Å². The largest absolute Gasteiger partial charge is 0.453 e. The molecule has 2 N–H and O–H groups in total. The lowest BCUT2D eigenvalue weighted by Crippen LogP contribution is -2.24. The van der Waals surface area contributed by atoms with Crippen molar-refractivity contribution >= 4 is 17.0 Å². The van der Waals surface area contributed by atoms with Crippen molar-refractivity contribution in [3.05, 3.63) is 29.7 Å². The van der Waals surface area contributed by atoms with E-state index in [1.54, 1.807) is 7.11 Å². The van der Waals surface area contributed by atoms with E-state index in [1.807, 2.05) is 6.20 Å². The number of alkyl carbamates (subject to hydrolysis) is 1. The minimum Gasteiger partial charge on any atom is -0.453 e. The van der Waals surface area contributed by atoms with Gasteiger partial charge in [0.1, 0.15) is 0 Å². The summed E-state index contributed by atoms with van der Waals surface area (Å²) in [6, 6.07) is 3.13. The van der Waals surface area contributed by atoms with Crippen molar-refractivity contribution < 1.29 is 14.3 Å². The summed E-state index contributed by atoms with van der Waals surface area (Å²) in [5.74, 6) is 0. The normalized spacial score (nSPS) is 15.0. The third kappa shape index (κ3) is 5.45. The number of nitrogens with one attached hydrogen (secondary N) is 2. The smallest absolute Gasteiger partial charge is 0.406 e. The van der Waals surface area contributed by atoms with Gasteiger partial charge in [-0.25, -0.2) is 4.79 Å². The maximum Gasteiger partial charge on any atom is 0.406 e. The molecule has 1 aliphatic carbocycles. The van der Waals surface area contributed by atoms with Gasteiger partial charge in [-0.1, -0.05) is 0 Å². The minimum absolute atomic E-state index is 0.256. The number of hydrogen-bond donors (Lipinski definition) is 2. The zero-order chi connectivity index (χ0) is 19.9. The summed E-state index contributed by atoms with van der Waals surface area (Å²) in [7, 11) is 3.12. The van der Waals surface area contributed by atoms with Crippen LogP contribution < -0.4 is 10.6 Å². The average molecular weight is 389 g/mol. The molecular weight excluding hydrogens is 356 g/mol. The standard InChI is InChI=1S/C21H32N4O3/c1-15(24-17-7-8-17)19-12-20-18(13-23-19)16(6-4-9-22-21(26)28-3)14-25(20)10-5-11-27-2/h12-15,17,24H,4-11H2,1-3H3,(H,22,26). The van der Waals surface area contributed by atoms with Crippen LogP contribution in [0.4, 0.5) is 4.79 Å². The Bertz CT molecular complexity index is 785. The molecule has 1 amide bonds. The molecule has 3 rings (SSSR count). The van der Waals surface area contributed by atoms with E-state index < -0.39 is 0 Å². The Hall–Kier alpha value is -2.12. The van der Waals surface area contributed by atoms with Gasteiger partial charge in [-0.05, 0) is 50.7 Å². The van der Waals surface area contributed by atoms with Gasteiger partial charge in [0, 0.05) is 56.7 Å². The van der Waals surface area contributed by atoms with Gasteiger partial charge in [-0.3, -0.25) is 4.98 Å². The first-order valence-corrected chi connectivity index (χ1v) is 10.2. The van der Waals surface area contributed by atoms with Crippen LogP contribution in [-0.2, 0) is 22.4 Å². The van der Waals surface area contributed by atoms with Gasteiger partial charge >= 0.3 is 6.09 Å². The van der Waals surface area contributed by atoms with E-state index in [-0.39, 0.29) is 12.1 Å². The molecule has 154 valence electrons. The molecule has 0 spiro atoms. The molecule has 1 saturated carbocycles. The molecule has 7 nitrogen and oxygen atoms in total. The number of hydrogen-bond acceptors (Lipinski definition) is 5. The van der Waals surface area contributed by atoms with Crippen molar-refractivity contribution in [1.29, 1.82) is 0 Å². The van der Waals surface area contributed by atoms with E-state index in [9.17, 15) is 4.79 Å². The number of rotatable bonds is 11. The molecule has 2 heterocycles. The zero-order valence-electron chi connectivity index (χ0n) is 17.2. The Kier molecular flexibility index (Phi) is 7.28. The molecule has 0 bridgehead atoms. The van der Waals surface area contributed by atoms with Gasteiger partial charge in [-0.15, -0.1) is 0 Å². The molecule has 0 radical (unpaired) electrons. The van der Waals surface area contributed by atoms with Crippen molar-refractivity contribution in [2.45, 2.75) is 57.7 Å². The van der Waals surface area contributed by atoms with Gasteiger partial charge in [0.25, 0.3) is 0 Å². The Morgan fingerprint density at radius 2 is 2.18 bits per heavy atom. The quantitative estimate of drug-likeness (QED) is 0.578. The predicted molar refractivity (Wildman–Crippen MR) is 110 cm³/mol. The highest BCUT2D eigenvalue weighted by Crippen LogP contribution is 2.27. The van der Waals surface area contributed by atoms with Crippen LogP contribution in [0.15, 0.2) is 18.5 Å². The number of nitrogens with zero attached hydrogens (tertiary/aromatic N) is 2. The summed E-state index contributed by atoms with van der Waals surface area (Å²) < 4.78 is 12.1. The number of aromatic nitrogens is 2. The number of methoxy groups -OCH3 is 2. The van der Waals surface area contributed by atoms with Crippen LogP contribution in [0.25, 0.3) is 10.9 Å². The van der Waals surface area contributed by atoms with E-state index >= 15 is 0 Å². The lowest BCUT2D eigenvalue weighted by atomic mass is 10.1. The third-order valence-electron chi connectivity index (χ3n) is 5.20. The number of carbonyl (C=O) groups excluding carboxylic acids is 1. The van der Waals surface area contributed by atoms with Crippen LogP contribution >= 0.6 is 0 Å². The van der Waals surface area contributed by atoms with Crippen molar-refractivity contribution in [2.75, 3.05) is 27.4 Å². The van der Waals surface area contributed by atoms with E-state index in [0.717, 1.165) is 38.1 Å². The number of amides is 1. The van der Waals surface area contributed by atoms with Gasteiger partial charge < -0.3 is 24.7 Å². The fraction of sp³-hybridized carbons (Fsp3) is 0.619. The maximum atomic E-state index is 11.2. The second-order valence-corrected chi connectivity index (χ2v) is 7.50. The van der Waals surface area contributed by atoms with Crippen LogP contribution in [0.3, 0.4) is 0 Å². The van der Waals surface area contributed by atoms with E-state index in [1.165, 1.54) is 36.4 Å². The van der Waals surface area contributed by atoms with E-state index in [4.69, 9.17) is 9.72 Å². The van der Waals surface area contributed by atoms with Gasteiger partial charge in [0.15, 0.2) is 0 Å². The molecular formula is C21H32N4O3. The summed E-state index contributed by atoms with van der Waals surface area (Å²) in [5, 5.41) is 7.56. The fourth-order valence-corrected chi connectivity index (χ4v) is 3.50. The second kappa shape index (κ2) is 9.89. The van der Waals surface area contributed by atoms with Gasteiger partial charge in [-0.2, -0.15) is 0 Å². The highest BCUT2D eigenvalue weighted by Gasteiger charge is 2.24. The molecule has 0 aromatic carbocycles. The molecule has 1 unspecified atom stereocenters. The third-order valence-corrected chi connectivity index (χ3v) is 5.20. The first-order valence-electron chi connectivity index (χ1n) is 10.2. The molecule has 0 saturated heterocycles. The highest BCUT2D eigenvalue weighted by atomic mass is 16.5. The minimum atomic E-state index is -0.384. The van der Waals surface area contributed by atoms with Crippen LogP contribution in [0, 0.1) is 0 Å². The lowest BCUT2D eigenvalue weighted by Gasteiger charge is -2.13. The number of carbonyl (C=O) groups is 1. The first kappa shape index (κ1) is 20.6. The Labute approximate surface area is 166 Å². The number of pyridine rings is 1. The Balaban J connectivity index is 1.75. The van der Waals surface area contributed by atoms with E-state index in [0.29, 0.717) is 12.6 Å². The molecule has 1 aliphatic rings. The second-order valence-electron chi connectivity index (χ2n) is 7.50. The molecule has 7 heteroatoms. The molecule has 1 atom stereocenters. The van der Waals surface area contributed by atoms with Crippen LogP contribution in [0.1, 0.15) is 49.9 Å². The predicted octanol–water partition coefficient (Wildman–Crippen LogP) is 3.17.